The van der Waals surface area contributed by atoms with Crippen molar-refractivity contribution in [2.45, 2.75) is 63.5 Å². The zero-order valence-corrected chi connectivity index (χ0v) is 21.9. The average molecular weight is 569 g/mol. The number of halogens is 6. The highest BCUT2D eigenvalue weighted by atomic mass is 35.5. The average Bonchev–Trinajstić information content (AvgIpc) is 3.47. The zero-order chi connectivity index (χ0) is 27.6. The second-order valence-electron chi connectivity index (χ2n) is 10.2. The van der Waals surface area contributed by atoms with Gasteiger partial charge in [0.25, 0.3) is 11.5 Å². The van der Waals surface area contributed by atoms with Crippen LogP contribution in [0.4, 0.5) is 17.6 Å². The molecule has 6 nitrogen and oxygen atoms in total. The van der Waals surface area contributed by atoms with Crippen LogP contribution in [-0.4, -0.2) is 28.4 Å². The predicted octanol–water partition coefficient (Wildman–Crippen LogP) is 6.37. The molecule has 1 N–H and O–H groups in total. The number of amides is 1. The van der Waals surface area contributed by atoms with Crippen LogP contribution in [0.3, 0.4) is 0 Å². The minimum Gasteiger partial charge on any atom is -0.372 e. The molecule has 2 unspecified atom stereocenters. The van der Waals surface area contributed by atoms with Gasteiger partial charge in [-0.3, -0.25) is 4.79 Å². The van der Waals surface area contributed by atoms with Crippen LogP contribution in [0.25, 0.3) is 0 Å². The number of amidine groups is 1. The maximum atomic E-state index is 14.3. The Kier molecular flexibility index (Phi) is 6.31. The lowest BCUT2D eigenvalue weighted by molar-refractivity contribution is -0.275. The molecule has 2 aliphatic heterocycles. The number of nitriles is 1. The van der Waals surface area contributed by atoms with E-state index in [9.17, 15) is 27.6 Å². The van der Waals surface area contributed by atoms with Crippen molar-refractivity contribution in [2.24, 2.45) is 11.1 Å². The third kappa shape index (κ3) is 4.35. The lowest BCUT2D eigenvalue weighted by Crippen LogP contribution is -2.46. The van der Waals surface area contributed by atoms with Crippen LogP contribution in [0.2, 0.25) is 10.0 Å². The standard InChI is InChI=1S/C26H22Cl2F4N4O2/c1-13-5-14-10-36(11-15(14)6-18(13)23(37)34-24(2,12-33)16-3-4-16)21-9-25(38-35-21,26(30,31)32)17-7-19(27)22(29)20(28)8-17/h5-8,16H,3-4,9-11H2,1-2H3,(H,34,37). The van der Waals surface area contributed by atoms with E-state index >= 15 is 0 Å². The number of rotatable bonds is 4. The molecule has 3 aliphatic rings. The summed E-state index contributed by atoms with van der Waals surface area (Å²) in [6.07, 6.45) is -3.83. The number of nitrogens with zero attached hydrogens (tertiary/aromatic N) is 3. The molecule has 1 aliphatic carbocycles. The van der Waals surface area contributed by atoms with Gasteiger partial charge in [0.15, 0.2) is 5.82 Å². The first-order valence-corrected chi connectivity index (χ1v) is 12.6. The highest BCUT2D eigenvalue weighted by Gasteiger charge is 2.63. The van der Waals surface area contributed by atoms with Gasteiger partial charge in [0, 0.05) is 24.2 Å². The maximum Gasteiger partial charge on any atom is 0.435 e. The monoisotopic (exact) mass is 568 g/mol. The van der Waals surface area contributed by atoms with E-state index in [1.54, 1.807) is 24.8 Å². The van der Waals surface area contributed by atoms with Gasteiger partial charge in [-0.25, -0.2) is 4.39 Å². The summed E-state index contributed by atoms with van der Waals surface area (Å²) in [5, 5.41) is 15.1. The topological polar surface area (TPSA) is 77.7 Å². The lowest BCUT2D eigenvalue weighted by atomic mass is 9.89. The highest BCUT2D eigenvalue weighted by Crippen LogP contribution is 2.50. The molecule has 2 heterocycles. The molecule has 12 heteroatoms. The molecule has 1 amide bonds. The summed E-state index contributed by atoms with van der Waals surface area (Å²) in [5.74, 6) is -1.24. The van der Waals surface area contributed by atoms with Crippen molar-refractivity contribution in [3.05, 3.63) is 67.9 Å². The largest absolute Gasteiger partial charge is 0.435 e. The van der Waals surface area contributed by atoms with Gasteiger partial charge < -0.3 is 15.1 Å². The molecule has 2 aromatic rings. The predicted molar refractivity (Wildman–Crippen MR) is 132 cm³/mol. The molecule has 38 heavy (non-hydrogen) atoms. The number of aryl methyl sites for hydroxylation is 1. The van der Waals surface area contributed by atoms with E-state index in [1.165, 1.54) is 0 Å². The van der Waals surface area contributed by atoms with Crippen LogP contribution < -0.4 is 5.32 Å². The van der Waals surface area contributed by atoms with Crippen molar-refractivity contribution in [2.75, 3.05) is 0 Å². The first-order valence-electron chi connectivity index (χ1n) is 11.9. The number of oxime groups is 1. The molecule has 0 saturated heterocycles. The van der Waals surface area contributed by atoms with Gasteiger partial charge in [0.2, 0.25) is 0 Å². The number of fused-ring (bicyclic) bond motifs is 1. The molecular formula is C26H22Cl2F4N4O2. The minimum absolute atomic E-state index is 0.0459. The fourth-order valence-electron chi connectivity index (χ4n) is 5.03. The summed E-state index contributed by atoms with van der Waals surface area (Å²) in [6, 6.07) is 7.42. The van der Waals surface area contributed by atoms with E-state index in [1.807, 2.05) is 6.07 Å². The Morgan fingerprint density at radius 1 is 1.18 bits per heavy atom. The molecular weight excluding hydrogens is 547 g/mol. The Balaban J connectivity index is 1.38. The minimum atomic E-state index is -4.91. The molecule has 0 aromatic heterocycles. The molecule has 0 spiro atoms. The van der Waals surface area contributed by atoms with E-state index in [0.717, 1.165) is 36.1 Å². The Labute approximate surface area is 226 Å². The van der Waals surface area contributed by atoms with E-state index in [2.05, 4.69) is 16.5 Å². The van der Waals surface area contributed by atoms with Crippen molar-refractivity contribution in [1.29, 1.82) is 5.26 Å². The van der Waals surface area contributed by atoms with E-state index in [0.29, 0.717) is 11.1 Å². The summed E-state index contributed by atoms with van der Waals surface area (Å²) in [7, 11) is 0. The van der Waals surface area contributed by atoms with Crippen molar-refractivity contribution in [3.8, 4) is 6.07 Å². The van der Waals surface area contributed by atoms with Crippen LogP contribution in [0, 0.1) is 30.0 Å². The van der Waals surface area contributed by atoms with Gasteiger partial charge in [-0.1, -0.05) is 34.4 Å². The maximum absolute atomic E-state index is 14.3. The molecule has 200 valence electrons. The van der Waals surface area contributed by atoms with Gasteiger partial charge >= 0.3 is 6.18 Å². The highest BCUT2D eigenvalue weighted by molar-refractivity contribution is 6.35. The zero-order valence-electron chi connectivity index (χ0n) is 20.3. The number of hydrogen-bond donors (Lipinski definition) is 1. The normalized spacial score (nSPS) is 22.3. The smallest absolute Gasteiger partial charge is 0.372 e. The number of benzene rings is 2. The van der Waals surface area contributed by atoms with Crippen LogP contribution in [-0.2, 0) is 23.5 Å². The third-order valence-corrected chi connectivity index (χ3v) is 8.05. The molecule has 1 saturated carbocycles. The van der Waals surface area contributed by atoms with E-state index < -0.39 is 45.2 Å². The van der Waals surface area contributed by atoms with Crippen molar-refractivity contribution >= 4 is 34.9 Å². The SMILES string of the molecule is Cc1cc2c(cc1C(=O)NC(C)(C#N)C1CC1)CN(C1=NOC(c3cc(Cl)c(F)c(Cl)c3)(C(F)(F)F)C1)C2. The van der Waals surface area contributed by atoms with Crippen LogP contribution in [0.5, 0.6) is 0 Å². The van der Waals surface area contributed by atoms with Gasteiger partial charge in [-0.05, 0) is 67.5 Å². The van der Waals surface area contributed by atoms with Gasteiger partial charge in [0.05, 0.1) is 22.5 Å². The Bertz CT molecular complexity index is 1400. The summed E-state index contributed by atoms with van der Waals surface area (Å²) in [5.41, 5.74) is -1.62. The Hall–Kier alpha value is -3.03. The van der Waals surface area contributed by atoms with Gasteiger partial charge in [-0.15, -0.1) is 0 Å². The molecule has 5 rings (SSSR count). The first kappa shape index (κ1) is 26.6. The third-order valence-electron chi connectivity index (χ3n) is 7.50. The fourth-order valence-corrected chi connectivity index (χ4v) is 5.52. The molecule has 2 atom stereocenters. The molecule has 2 aromatic carbocycles. The van der Waals surface area contributed by atoms with Crippen LogP contribution in [0.15, 0.2) is 29.4 Å². The number of carbonyl (C=O) groups is 1. The van der Waals surface area contributed by atoms with E-state index in [4.69, 9.17) is 28.0 Å². The number of carbonyl (C=O) groups excluding carboxylic acids is 1. The molecule has 0 radical (unpaired) electrons. The molecule has 1 fully saturated rings. The second-order valence-corrected chi connectivity index (χ2v) is 11.0. The molecule has 0 bridgehead atoms. The quantitative estimate of drug-likeness (QED) is 0.343. The van der Waals surface area contributed by atoms with Crippen LogP contribution >= 0.6 is 23.2 Å². The Morgan fingerprint density at radius 2 is 1.79 bits per heavy atom. The van der Waals surface area contributed by atoms with Crippen LogP contribution in [0.1, 0.15) is 58.8 Å². The number of hydrogen-bond acceptors (Lipinski definition) is 5. The van der Waals surface area contributed by atoms with Gasteiger partial charge in [0.1, 0.15) is 11.4 Å². The van der Waals surface area contributed by atoms with Crippen molar-refractivity contribution in [1.82, 2.24) is 10.2 Å². The van der Waals surface area contributed by atoms with Crippen molar-refractivity contribution < 1.29 is 27.2 Å². The fraction of sp³-hybridized carbons (Fsp3) is 0.423. The first-order chi connectivity index (χ1) is 17.8. The van der Waals surface area contributed by atoms with Crippen molar-refractivity contribution in [3.63, 3.8) is 0 Å². The number of nitrogens with one attached hydrogen (secondary N) is 1. The van der Waals surface area contributed by atoms with Gasteiger partial charge in [-0.2, -0.15) is 18.4 Å². The summed E-state index contributed by atoms with van der Waals surface area (Å²) >= 11 is 11.6. The number of alkyl halides is 3. The summed E-state index contributed by atoms with van der Waals surface area (Å²) in [4.78, 5) is 19.7. The summed E-state index contributed by atoms with van der Waals surface area (Å²) in [6.45, 7) is 3.94. The van der Waals surface area contributed by atoms with E-state index in [-0.39, 0.29) is 30.8 Å². The Morgan fingerprint density at radius 3 is 2.34 bits per heavy atom. The second kappa shape index (κ2) is 9.02. The lowest BCUT2D eigenvalue weighted by Gasteiger charge is -2.30. The summed E-state index contributed by atoms with van der Waals surface area (Å²) < 4.78 is 56.9.